The Bertz CT molecular complexity index is 808. The molecule has 0 aromatic heterocycles. The molecule has 4 heteroatoms. The highest BCUT2D eigenvalue weighted by atomic mass is 16.5. The number of nitrogens with zero attached hydrogens (tertiary/aromatic N) is 1. The molecule has 28 heavy (non-hydrogen) atoms. The second-order valence-corrected chi connectivity index (χ2v) is 8.22. The summed E-state index contributed by atoms with van der Waals surface area (Å²) in [5.74, 6) is 1.79. The van der Waals surface area contributed by atoms with E-state index in [0.29, 0.717) is 5.92 Å². The number of amides is 1. The second kappa shape index (κ2) is 9.13. The number of hydrogen-bond acceptors (Lipinski definition) is 3. The van der Waals surface area contributed by atoms with Crippen LogP contribution in [-0.4, -0.2) is 25.6 Å². The summed E-state index contributed by atoms with van der Waals surface area (Å²) in [7, 11) is 0. The van der Waals surface area contributed by atoms with Crippen LogP contribution in [0.4, 0.5) is 11.4 Å². The number of piperidine rings is 1. The Hall–Kier alpha value is -2.49. The molecule has 2 aromatic rings. The zero-order chi connectivity index (χ0) is 20.1. The Morgan fingerprint density at radius 1 is 1.18 bits per heavy atom. The van der Waals surface area contributed by atoms with E-state index in [-0.39, 0.29) is 12.5 Å². The van der Waals surface area contributed by atoms with E-state index < -0.39 is 0 Å². The molecule has 0 atom stereocenters. The number of benzene rings is 2. The number of ether oxygens (including phenoxy) is 1. The van der Waals surface area contributed by atoms with Crippen molar-refractivity contribution >= 4 is 17.3 Å². The monoisotopic (exact) mass is 380 g/mol. The molecule has 0 bridgehead atoms. The lowest BCUT2D eigenvalue weighted by Crippen LogP contribution is -2.33. The molecule has 1 saturated heterocycles. The molecule has 0 saturated carbocycles. The number of anilines is 2. The van der Waals surface area contributed by atoms with Crippen molar-refractivity contribution in [2.45, 2.75) is 46.5 Å². The molecule has 1 N–H and O–H groups in total. The van der Waals surface area contributed by atoms with Gasteiger partial charge in [-0.2, -0.15) is 0 Å². The van der Waals surface area contributed by atoms with Crippen LogP contribution < -0.4 is 15.0 Å². The van der Waals surface area contributed by atoms with Crippen LogP contribution in [0.1, 0.15) is 50.7 Å². The van der Waals surface area contributed by atoms with Crippen molar-refractivity contribution in [3.05, 3.63) is 53.6 Å². The fourth-order valence-corrected chi connectivity index (χ4v) is 3.68. The maximum absolute atomic E-state index is 12.6. The minimum atomic E-state index is -0.131. The quantitative estimate of drug-likeness (QED) is 0.732. The molecule has 0 aliphatic carbocycles. The van der Waals surface area contributed by atoms with E-state index in [0.717, 1.165) is 47.3 Å². The molecule has 1 fully saturated rings. The number of rotatable bonds is 6. The lowest BCUT2D eigenvalue weighted by atomic mass is 9.98. The highest BCUT2D eigenvalue weighted by Gasteiger charge is 2.19. The average Bonchev–Trinajstić information content (AvgIpc) is 2.67. The summed E-state index contributed by atoms with van der Waals surface area (Å²) in [4.78, 5) is 15.0. The predicted octanol–water partition coefficient (Wildman–Crippen LogP) is 5.37. The van der Waals surface area contributed by atoms with Crippen LogP contribution in [0.2, 0.25) is 0 Å². The van der Waals surface area contributed by atoms with Crippen LogP contribution in [0.25, 0.3) is 0 Å². The van der Waals surface area contributed by atoms with Gasteiger partial charge in [0, 0.05) is 13.1 Å². The third-order valence-corrected chi connectivity index (χ3v) is 5.45. The summed E-state index contributed by atoms with van der Waals surface area (Å²) >= 11 is 0. The first-order valence-electron chi connectivity index (χ1n) is 10.3. The molecule has 0 unspecified atom stereocenters. The predicted molar refractivity (Wildman–Crippen MR) is 116 cm³/mol. The molecular weight excluding hydrogens is 348 g/mol. The maximum Gasteiger partial charge on any atom is 0.262 e. The molecule has 0 spiro atoms. The molecule has 3 rings (SSSR count). The lowest BCUT2D eigenvalue weighted by molar-refractivity contribution is -0.118. The first-order valence-corrected chi connectivity index (χ1v) is 10.3. The highest BCUT2D eigenvalue weighted by molar-refractivity contribution is 5.95. The molecule has 1 heterocycles. The van der Waals surface area contributed by atoms with Gasteiger partial charge in [0.15, 0.2) is 6.61 Å². The smallest absolute Gasteiger partial charge is 0.262 e. The molecule has 4 nitrogen and oxygen atoms in total. The zero-order valence-corrected chi connectivity index (χ0v) is 17.5. The van der Waals surface area contributed by atoms with Crippen molar-refractivity contribution in [3.63, 3.8) is 0 Å². The topological polar surface area (TPSA) is 41.6 Å². The van der Waals surface area contributed by atoms with E-state index in [1.165, 1.54) is 12.8 Å². The summed E-state index contributed by atoms with van der Waals surface area (Å²) in [5.41, 5.74) is 4.21. The lowest BCUT2D eigenvalue weighted by Gasteiger charge is -2.33. The van der Waals surface area contributed by atoms with Gasteiger partial charge in [0.25, 0.3) is 5.91 Å². The van der Waals surface area contributed by atoms with E-state index in [1.807, 2.05) is 31.2 Å². The number of carbonyl (C=O) groups excluding carboxylic acids is 1. The fraction of sp³-hybridized carbons (Fsp3) is 0.458. The van der Waals surface area contributed by atoms with Gasteiger partial charge >= 0.3 is 0 Å². The zero-order valence-electron chi connectivity index (χ0n) is 17.5. The van der Waals surface area contributed by atoms with Crippen molar-refractivity contribution in [2.75, 3.05) is 29.9 Å². The van der Waals surface area contributed by atoms with Crippen molar-refractivity contribution in [3.8, 4) is 5.75 Å². The van der Waals surface area contributed by atoms with Crippen molar-refractivity contribution < 1.29 is 9.53 Å². The molecule has 1 amide bonds. The number of aryl methyl sites for hydroxylation is 1. The first kappa shape index (κ1) is 20.2. The number of hydrogen-bond donors (Lipinski definition) is 1. The van der Waals surface area contributed by atoms with E-state index >= 15 is 0 Å². The minimum Gasteiger partial charge on any atom is -0.483 e. The summed E-state index contributed by atoms with van der Waals surface area (Å²) in [6.07, 6.45) is 2.38. The van der Waals surface area contributed by atoms with Crippen molar-refractivity contribution in [1.29, 1.82) is 0 Å². The van der Waals surface area contributed by atoms with Gasteiger partial charge in [-0.25, -0.2) is 0 Å². The Kier molecular flexibility index (Phi) is 6.61. The van der Waals surface area contributed by atoms with Gasteiger partial charge in [0.2, 0.25) is 0 Å². The molecule has 1 aliphatic rings. The van der Waals surface area contributed by atoms with Crippen LogP contribution in [0.15, 0.2) is 42.5 Å². The summed E-state index contributed by atoms with van der Waals surface area (Å²) in [6, 6.07) is 14.2. The van der Waals surface area contributed by atoms with Crippen molar-refractivity contribution in [1.82, 2.24) is 0 Å². The fourth-order valence-electron chi connectivity index (χ4n) is 3.68. The molecule has 0 radical (unpaired) electrons. The number of carbonyl (C=O) groups is 1. The summed E-state index contributed by atoms with van der Waals surface area (Å²) < 4.78 is 5.89. The Balaban J connectivity index is 1.66. The van der Waals surface area contributed by atoms with Crippen LogP contribution in [0.3, 0.4) is 0 Å². The van der Waals surface area contributed by atoms with Crippen LogP contribution >= 0.6 is 0 Å². The molecule has 1 aliphatic heterocycles. The maximum atomic E-state index is 12.6. The molecule has 2 aromatic carbocycles. The van der Waals surface area contributed by atoms with Gasteiger partial charge in [-0.15, -0.1) is 0 Å². The third-order valence-electron chi connectivity index (χ3n) is 5.45. The van der Waals surface area contributed by atoms with E-state index in [9.17, 15) is 4.79 Å². The Labute approximate surface area is 168 Å². The first-order chi connectivity index (χ1) is 13.4. The van der Waals surface area contributed by atoms with Crippen LogP contribution in [0.5, 0.6) is 5.75 Å². The van der Waals surface area contributed by atoms with E-state index in [2.05, 4.69) is 49.2 Å². The number of nitrogens with one attached hydrogen (secondary N) is 1. The molecule has 150 valence electrons. The van der Waals surface area contributed by atoms with Gasteiger partial charge < -0.3 is 15.0 Å². The molecular formula is C24H32N2O2. The normalized spacial score (nSPS) is 15.0. The summed E-state index contributed by atoms with van der Waals surface area (Å²) in [5, 5.41) is 3.05. The van der Waals surface area contributed by atoms with Gasteiger partial charge in [-0.3, -0.25) is 4.79 Å². The van der Waals surface area contributed by atoms with Crippen molar-refractivity contribution in [2.24, 2.45) is 5.92 Å². The van der Waals surface area contributed by atoms with Gasteiger partial charge in [0.05, 0.1) is 11.4 Å². The second-order valence-electron chi connectivity index (χ2n) is 8.22. The van der Waals surface area contributed by atoms with Gasteiger partial charge in [-0.1, -0.05) is 45.0 Å². The number of para-hydroxylation sites is 2. The average molecular weight is 381 g/mol. The largest absolute Gasteiger partial charge is 0.483 e. The minimum absolute atomic E-state index is 0.00847. The third kappa shape index (κ3) is 5.06. The van der Waals surface area contributed by atoms with Crippen LogP contribution in [0, 0.1) is 12.8 Å². The standard InChI is InChI=1S/C24H32N2O2/c1-17(2)20-10-9-19(4)15-23(20)28-16-24(27)25-21-7-5-6-8-22(21)26-13-11-18(3)12-14-26/h5-10,15,17-18H,11-14,16H2,1-4H3,(H,25,27). The Morgan fingerprint density at radius 3 is 2.61 bits per heavy atom. The summed E-state index contributed by atoms with van der Waals surface area (Å²) in [6.45, 7) is 10.7. The van der Waals surface area contributed by atoms with E-state index in [1.54, 1.807) is 0 Å². The Morgan fingerprint density at radius 2 is 1.89 bits per heavy atom. The van der Waals surface area contributed by atoms with E-state index in [4.69, 9.17) is 4.74 Å². The van der Waals surface area contributed by atoms with Crippen LogP contribution in [-0.2, 0) is 4.79 Å². The SMILES string of the molecule is Cc1ccc(C(C)C)c(OCC(=O)Nc2ccccc2N2CCC(C)CC2)c1. The van der Waals surface area contributed by atoms with Gasteiger partial charge in [0.1, 0.15) is 5.75 Å². The highest BCUT2D eigenvalue weighted by Crippen LogP contribution is 2.30. The van der Waals surface area contributed by atoms with Gasteiger partial charge in [-0.05, 0) is 60.9 Å².